The monoisotopic (exact) mass is 192 g/mol. The van der Waals surface area contributed by atoms with Crippen molar-refractivity contribution in [3.05, 3.63) is 60.5 Å². The molecule has 0 spiro atoms. The Bertz CT molecular complexity index is 371. The van der Waals surface area contributed by atoms with Crippen LogP contribution in [0.3, 0.4) is 0 Å². The Hall–Kier alpha value is -1.50. The summed E-state index contributed by atoms with van der Waals surface area (Å²) in [5, 5.41) is 3.02. The van der Waals surface area contributed by atoms with E-state index in [1.165, 1.54) is 12.2 Å². The summed E-state index contributed by atoms with van der Waals surface area (Å²) in [7, 11) is 0. The minimum absolute atomic E-state index is 0.163. The Morgan fingerprint density at radius 1 is 1.29 bits per heavy atom. The van der Waals surface area contributed by atoms with Gasteiger partial charge >= 0.3 is 0 Å². The van der Waals surface area contributed by atoms with E-state index in [0.717, 1.165) is 5.70 Å². The van der Waals surface area contributed by atoms with E-state index >= 15 is 0 Å². The molecule has 0 saturated carbocycles. The number of nitrogens with one attached hydrogen (secondary N) is 1. The molecule has 1 N–H and O–H groups in total. The van der Waals surface area contributed by atoms with Crippen LogP contribution in [0.25, 0.3) is 0 Å². The second kappa shape index (κ2) is 6.96. The molecule has 0 heterocycles. The smallest absolute Gasteiger partial charge is 0.0407 e. The summed E-state index contributed by atoms with van der Waals surface area (Å²) in [6, 6.07) is 0. The molecule has 0 bridgehead atoms. The normalized spacial score (nSPS) is 17.9. The second-order valence-corrected chi connectivity index (χ2v) is 2.60. The van der Waals surface area contributed by atoms with Crippen molar-refractivity contribution < 1.29 is 4.11 Å². The molecule has 0 aliphatic rings. The average Bonchev–Trinajstić information content (AvgIpc) is 2.25. The van der Waals surface area contributed by atoms with Crippen LogP contribution in [0, 0.1) is 0 Å². The molecule has 0 atom stereocenters. The number of hydrogen-bond donors (Lipinski definition) is 1. The summed E-state index contributed by atoms with van der Waals surface area (Å²) in [6.45, 7) is 8.71. The minimum atomic E-state index is -2.20. The van der Waals surface area contributed by atoms with Crippen LogP contribution in [0.5, 0.6) is 0 Å². The molecule has 1 nitrogen and oxygen atoms in total. The molecule has 0 aromatic heterocycles. The van der Waals surface area contributed by atoms with Gasteiger partial charge < -0.3 is 5.32 Å². The van der Waals surface area contributed by atoms with Crippen LogP contribution >= 0.6 is 0 Å². The van der Waals surface area contributed by atoms with Crippen molar-refractivity contribution in [3.8, 4) is 0 Å². The fraction of sp³-hybridized carbons (Fsp3) is 0.231. The number of rotatable bonds is 5. The van der Waals surface area contributed by atoms with E-state index in [1.54, 1.807) is 0 Å². The summed E-state index contributed by atoms with van der Waals surface area (Å²) in [6.07, 6.45) is 8.38. The van der Waals surface area contributed by atoms with Gasteiger partial charge in [0.1, 0.15) is 0 Å². The lowest BCUT2D eigenvalue weighted by Gasteiger charge is -2.09. The van der Waals surface area contributed by atoms with Crippen molar-refractivity contribution in [2.24, 2.45) is 0 Å². The maximum atomic E-state index is 7.41. The second-order valence-electron chi connectivity index (χ2n) is 2.60. The highest BCUT2D eigenvalue weighted by atomic mass is 14.9. The van der Waals surface area contributed by atoms with Crippen molar-refractivity contribution in [2.45, 2.75) is 20.7 Å². The van der Waals surface area contributed by atoms with Crippen LogP contribution in [-0.2, 0) is 0 Å². The zero-order valence-corrected chi connectivity index (χ0v) is 8.80. The van der Waals surface area contributed by atoms with E-state index < -0.39 is 6.85 Å². The molecule has 0 aromatic carbocycles. The van der Waals surface area contributed by atoms with Crippen molar-refractivity contribution in [3.63, 3.8) is 0 Å². The van der Waals surface area contributed by atoms with E-state index in [1.807, 2.05) is 32.1 Å². The Labute approximate surface area is 91.4 Å². The van der Waals surface area contributed by atoms with E-state index in [2.05, 4.69) is 18.5 Å². The van der Waals surface area contributed by atoms with Gasteiger partial charge in [-0.3, -0.25) is 0 Å². The lowest BCUT2D eigenvalue weighted by Crippen LogP contribution is -2.10. The van der Waals surface area contributed by atoms with Crippen molar-refractivity contribution in [1.82, 2.24) is 5.32 Å². The van der Waals surface area contributed by atoms with E-state index in [-0.39, 0.29) is 5.57 Å². The fourth-order valence-electron chi connectivity index (χ4n) is 0.883. The molecule has 1 heteroatoms. The zero-order valence-electron chi connectivity index (χ0n) is 11.8. The van der Waals surface area contributed by atoms with Crippen molar-refractivity contribution in [2.75, 3.05) is 0 Å². The largest absolute Gasteiger partial charge is 0.356 e. The summed E-state index contributed by atoms with van der Waals surface area (Å²) >= 11 is 0. The third-order valence-electron chi connectivity index (χ3n) is 1.63. The molecule has 14 heavy (non-hydrogen) atoms. The molecule has 0 unspecified atom stereocenters. The van der Waals surface area contributed by atoms with Gasteiger partial charge in [0, 0.05) is 15.5 Å². The average molecular weight is 192 g/mol. The third-order valence-corrected chi connectivity index (χ3v) is 1.63. The van der Waals surface area contributed by atoms with Gasteiger partial charge in [0.15, 0.2) is 0 Å². The van der Waals surface area contributed by atoms with Gasteiger partial charge in [0.2, 0.25) is 0 Å². The van der Waals surface area contributed by atoms with Crippen molar-refractivity contribution >= 4 is 0 Å². The van der Waals surface area contributed by atoms with E-state index in [0.29, 0.717) is 5.70 Å². The predicted molar refractivity (Wildman–Crippen MR) is 64.8 cm³/mol. The standard InChI is InChI=1S/C13H19N/c1-6-10-12(8-3)14-13(9-4)11(5)7-2/h6-10,14H,2,4H2,1,3,5H3/b10-6-,12-8+,13-11+/i5D3. The first-order valence-electron chi connectivity index (χ1n) is 5.96. The highest BCUT2D eigenvalue weighted by Gasteiger charge is 1.95. The molecule has 76 valence electrons. The molecule has 0 radical (unpaired) electrons. The van der Waals surface area contributed by atoms with Crippen LogP contribution in [0.4, 0.5) is 0 Å². The molecule has 0 aliphatic carbocycles. The van der Waals surface area contributed by atoms with E-state index in [9.17, 15) is 0 Å². The first-order chi connectivity index (χ1) is 7.90. The molecular formula is C13H19N. The highest BCUT2D eigenvalue weighted by Crippen LogP contribution is 2.06. The molecule has 0 fully saturated rings. The van der Waals surface area contributed by atoms with Gasteiger partial charge in [-0.1, -0.05) is 31.4 Å². The van der Waals surface area contributed by atoms with Gasteiger partial charge in [-0.25, -0.2) is 0 Å². The van der Waals surface area contributed by atoms with Crippen LogP contribution in [-0.4, -0.2) is 0 Å². The maximum Gasteiger partial charge on any atom is 0.0407 e. The molecule has 0 amide bonds. The lowest BCUT2D eigenvalue weighted by atomic mass is 10.2. The van der Waals surface area contributed by atoms with Crippen molar-refractivity contribution in [1.29, 1.82) is 0 Å². The zero-order chi connectivity index (χ0) is 13.5. The van der Waals surface area contributed by atoms with Gasteiger partial charge in [0.05, 0.1) is 0 Å². The molecular weight excluding hydrogens is 170 g/mol. The van der Waals surface area contributed by atoms with Crippen LogP contribution in [0.2, 0.25) is 0 Å². The predicted octanol–water partition coefficient (Wildman–Crippen LogP) is 3.70. The van der Waals surface area contributed by atoms with Gasteiger partial charge in [-0.2, -0.15) is 0 Å². The van der Waals surface area contributed by atoms with Gasteiger partial charge in [-0.15, -0.1) is 0 Å². The fourth-order valence-corrected chi connectivity index (χ4v) is 0.883. The minimum Gasteiger partial charge on any atom is -0.356 e. The Morgan fingerprint density at radius 2 is 2.00 bits per heavy atom. The van der Waals surface area contributed by atoms with Gasteiger partial charge in [0.25, 0.3) is 0 Å². The summed E-state index contributed by atoms with van der Waals surface area (Å²) in [4.78, 5) is 0. The molecule has 0 rings (SSSR count). The quantitative estimate of drug-likeness (QED) is 0.655. The molecule has 0 aliphatic heterocycles. The Balaban J connectivity index is 5.39. The van der Waals surface area contributed by atoms with Gasteiger partial charge in [-0.05, 0) is 38.4 Å². The maximum absolute atomic E-state index is 7.41. The third kappa shape index (κ3) is 3.94. The molecule has 0 saturated heterocycles. The van der Waals surface area contributed by atoms with Crippen LogP contribution < -0.4 is 5.32 Å². The lowest BCUT2D eigenvalue weighted by molar-refractivity contribution is 1.02. The first kappa shape index (κ1) is 7.86. The Kier molecular flexibility index (Phi) is 3.91. The first-order valence-corrected chi connectivity index (χ1v) is 4.46. The number of allylic oxidation sites excluding steroid dienone is 6. The van der Waals surface area contributed by atoms with Crippen LogP contribution in [0.1, 0.15) is 24.8 Å². The Morgan fingerprint density at radius 3 is 2.36 bits per heavy atom. The topological polar surface area (TPSA) is 12.0 Å². The SMILES string of the molecule is [2H]C([2H])([2H])/C(C=C)=C(/C=C)NC(/C=C\C)=C/C. The summed E-state index contributed by atoms with van der Waals surface area (Å²) in [5.41, 5.74) is 1.42. The highest BCUT2D eigenvalue weighted by molar-refractivity contribution is 5.33. The van der Waals surface area contributed by atoms with E-state index in [4.69, 9.17) is 4.11 Å². The summed E-state index contributed by atoms with van der Waals surface area (Å²) < 4.78 is 22.2. The van der Waals surface area contributed by atoms with Crippen LogP contribution in [0.15, 0.2) is 60.5 Å². The molecule has 0 aromatic rings. The number of hydrogen-bond acceptors (Lipinski definition) is 1. The summed E-state index contributed by atoms with van der Waals surface area (Å²) in [5.74, 6) is 0.